The largest absolute Gasteiger partial charge is 0.308 e. The van der Waals surface area contributed by atoms with Gasteiger partial charge < -0.3 is 13.7 Å². The van der Waals surface area contributed by atoms with Crippen molar-refractivity contribution in [1.29, 1.82) is 0 Å². The summed E-state index contributed by atoms with van der Waals surface area (Å²) < 4.78 is 82.1. The zero-order valence-corrected chi connectivity index (χ0v) is 19.5. The van der Waals surface area contributed by atoms with E-state index in [1.807, 2.05) is 0 Å². The molecule has 0 fully saturated rings. The molecule has 0 aliphatic carbocycles. The van der Waals surface area contributed by atoms with Gasteiger partial charge in [-0.1, -0.05) is 0 Å². The van der Waals surface area contributed by atoms with E-state index in [0.29, 0.717) is 9.79 Å². The van der Waals surface area contributed by atoms with Crippen molar-refractivity contribution in [3.05, 3.63) is 24.3 Å². The first-order chi connectivity index (χ1) is 12.5. The van der Waals surface area contributed by atoms with E-state index in [1.54, 1.807) is 12.1 Å². The third-order valence-electron chi connectivity index (χ3n) is 4.57. The Balaban J connectivity index is 2.73. The Bertz CT molecular complexity index is 823. The summed E-state index contributed by atoms with van der Waals surface area (Å²) in [5.74, 6) is 0.145. The van der Waals surface area contributed by atoms with Crippen molar-refractivity contribution < 1.29 is 35.0 Å². The van der Waals surface area contributed by atoms with Gasteiger partial charge >= 0.3 is 0 Å². The van der Waals surface area contributed by atoms with Crippen molar-refractivity contribution >= 4 is 42.6 Å². The van der Waals surface area contributed by atoms with E-state index in [9.17, 15) is 35.0 Å². The van der Waals surface area contributed by atoms with Crippen LogP contribution < -0.4 is 0 Å². The van der Waals surface area contributed by atoms with Gasteiger partial charge in [0.25, 0.3) is 10.1 Å². The molecule has 0 bridgehead atoms. The predicted molar refractivity (Wildman–Crippen MR) is 113 cm³/mol. The van der Waals surface area contributed by atoms with Crippen molar-refractivity contribution in [2.24, 2.45) is 0 Å². The SMILES string of the molecule is CC(C)(CCS(=O)c1ccc(S(=O)CCC(C)(C)S(=O)(=O)O)cc1)S(O)(O)O. The molecule has 1 aromatic rings. The van der Waals surface area contributed by atoms with Crippen LogP contribution in [-0.4, -0.2) is 56.0 Å². The molecular formula is C16H28O8S4. The molecule has 164 valence electrons. The number of hydrogen-bond acceptors (Lipinski definition) is 7. The van der Waals surface area contributed by atoms with Gasteiger partial charge in [0, 0.05) is 21.3 Å². The first-order valence-electron chi connectivity index (χ1n) is 8.32. The van der Waals surface area contributed by atoms with Gasteiger partial charge in [0.2, 0.25) is 0 Å². The van der Waals surface area contributed by atoms with E-state index in [4.69, 9.17) is 0 Å². The average molecular weight is 477 g/mol. The maximum atomic E-state index is 12.4. The topological polar surface area (TPSA) is 149 Å². The summed E-state index contributed by atoms with van der Waals surface area (Å²) in [4.78, 5) is 0.904. The third kappa shape index (κ3) is 6.87. The molecule has 1 aromatic carbocycles. The van der Waals surface area contributed by atoms with Gasteiger partial charge in [-0.3, -0.25) is 13.0 Å². The summed E-state index contributed by atoms with van der Waals surface area (Å²) in [5, 5.41) is 0. The molecule has 0 aromatic heterocycles. The second-order valence-corrected chi connectivity index (χ2v) is 14.9. The average Bonchev–Trinajstić information content (AvgIpc) is 2.55. The van der Waals surface area contributed by atoms with Gasteiger partial charge in [-0.25, -0.2) is 0 Å². The third-order valence-corrected chi connectivity index (χ3v) is 10.6. The monoisotopic (exact) mass is 476 g/mol. The van der Waals surface area contributed by atoms with E-state index < -0.39 is 52.1 Å². The fourth-order valence-electron chi connectivity index (χ4n) is 1.92. The lowest BCUT2D eigenvalue weighted by Crippen LogP contribution is -2.32. The zero-order valence-electron chi connectivity index (χ0n) is 16.2. The molecule has 0 radical (unpaired) electrons. The number of rotatable bonds is 10. The fraction of sp³-hybridized carbons (Fsp3) is 0.625. The van der Waals surface area contributed by atoms with E-state index in [0.717, 1.165) is 0 Å². The highest BCUT2D eigenvalue weighted by molar-refractivity contribution is 8.20. The minimum Gasteiger partial charge on any atom is -0.308 e. The van der Waals surface area contributed by atoms with Crippen LogP contribution in [0.1, 0.15) is 40.5 Å². The summed E-state index contributed by atoms with van der Waals surface area (Å²) >= 11 is 0. The van der Waals surface area contributed by atoms with Gasteiger partial charge in [0.1, 0.15) is 0 Å². The van der Waals surface area contributed by atoms with Crippen LogP contribution >= 0.6 is 10.9 Å². The Morgan fingerprint density at radius 3 is 1.36 bits per heavy atom. The lowest BCUT2D eigenvalue weighted by molar-refractivity contribution is 0.337. The Hall–Kier alpha value is -0.340. The van der Waals surface area contributed by atoms with E-state index in [2.05, 4.69) is 0 Å². The molecule has 0 aliphatic rings. The summed E-state index contributed by atoms with van der Waals surface area (Å²) in [6.07, 6.45) is 0.131. The Labute approximate surface area is 173 Å². The summed E-state index contributed by atoms with van der Waals surface area (Å²) in [5.41, 5.74) is 0. The molecule has 0 heterocycles. The molecule has 8 nitrogen and oxygen atoms in total. The van der Waals surface area contributed by atoms with Crippen LogP contribution in [0.2, 0.25) is 0 Å². The summed E-state index contributed by atoms with van der Waals surface area (Å²) in [6.45, 7) is 5.66. The molecule has 0 saturated carbocycles. The van der Waals surface area contributed by atoms with Crippen LogP contribution in [0.4, 0.5) is 0 Å². The maximum Gasteiger partial charge on any atom is 0.270 e. The quantitative estimate of drug-likeness (QED) is 0.376. The van der Waals surface area contributed by atoms with Gasteiger partial charge in [-0.05, 0) is 64.8 Å². The second-order valence-electron chi connectivity index (χ2n) is 7.58. The summed E-state index contributed by atoms with van der Waals surface area (Å²) in [7, 11) is -10.9. The van der Waals surface area contributed by atoms with Crippen LogP contribution in [0.5, 0.6) is 0 Å². The van der Waals surface area contributed by atoms with E-state index in [1.165, 1.54) is 39.8 Å². The Morgan fingerprint density at radius 2 is 1.07 bits per heavy atom. The van der Waals surface area contributed by atoms with E-state index >= 15 is 0 Å². The lowest BCUT2D eigenvalue weighted by Gasteiger charge is -2.36. The van der Waals surface area contributed by atoms with Gasteiger partial charge in [-0.15, -0.1) is 0 Å². The van der Waals surface area contributed by atoms with E-state index in [-0.39, 0.29) is 24.3 Å². The highest BCUT2D eigenvalue weighted by Crippen LogP contribution is 2.50. The van der Waals surface area contributed by atoms with Crippen molar-refractivity contribution in [3.63, 3.8) is 0 Å². The molecule has 2 unspecified atom stereocenters. The molecule has 1 rings (SSSR count). The highest BCUT2D eigenvalue weighted by Gasteiger charge is 2.36. The van der Waals surface area contributed by atoms with Gasteiger partial charge in [-0.2, -0.15) is 8.42 Å². The molecule has 28 heavy (non-hydrogen) atoms. The van der Waals surface area contributed by atoms with Crippen molar-refractivity contribution in [1.82, 2.24) is 0 Å². The minimum atomic E-state index is -4.25. The van der Waals surface area contributed by atoms with Crippen LogP contribution in [0.3, 0.4) is 0 Å². The zero-order chi connectivity index (χ0) is 22.0. The standard InChI is InChI=1S/C16H28O8S4/c1-15(2,27(19,20)21)9-11-25(17)13-5-7-14(8-6-13)26(18)12-10-16(3,4)28(22,23)24/h5-8,19-21H,9-12H2,1-4H3,(H,22,23,24). The smallest absolute Gasteiger partial charge is 0.270 e. The van der Waals surface area contributed by atoms with Crippen molar-refractivity contribution in [2.75, 3.05) is 11.5 Å². The minimum absolute atomic E-state index is 0.00870. The van der Waals surface area contributed by atoms with Gasteiger partial charge in [0.15, 0.2) is 0 Å². The van der Waals surface area contributed by atoms with Crippen LogP contribution in [-0.2, 0) is 31.7 Å². The molecule has 0 spiro atoms. The molecule has 12 heteroatoms. The normalized spacial score (nSPS) is 16.6. The Morgan fingerprint density at radius 1 is 0.750 bits per heavy atom. The fourth-order valence-corrected chi connectivity index (χ4v) is 5.66. The lowest BCUT2D eigenvalue weighted by atomic mass is 10.1. The van der Waals surface area contributed by atoms with Gasteiger partial charge in [0.05, 0.1) is 42.0 Å². The van der Waals surface area contributed by atoms with Crippen LogP contribution in [0.15, 0.2) is 34.1 Å². The Kier molecular flexibility index (Phi) is 8.45. The molecule has 0 aliphatic heterocycles. The maximum absolute atomic E-state index is 12.4. The second kappa shape index (κ2) is 9.21. The van der Waals surface area contributed by atoms with Crippen LogP contribution in [0, 0.1) is 0 Å². The first kappa shape index (κ1) is 25.7. The molecule has 4 N–H and O–H groups in total. The highest BCUT2D eigenvalue weighted by atomic mass is 32.3. The predicted octanol–water partition coefficient (Wildman–Crippen LogP) is 3.35. The van der Waals surface area contributed by atoms with Crippen molar-refractivity contribution in [3.8, 4) is 0 Å². The first-order valence-corrected chi connectivity index (χ1v) is 13.9. The number of benzene rings is 1. The molecule has 0 saturated heterocycles. The van der Waals surface area contributed by atoms with Crippen LogP contribution in [0.25, 0.3) is 0 Å². The molecular weight excluding hydrogens is 448 g/mol. The number of hydrogen-bond donors (Lipinski definition) is 4. The molecule has 0 amide bonds. The summed E-state index contributed by atoms with van der Waals surface area (Å²) in [6, 6.07) is 6.16. The molecule has 2 atom stereocenters. The van der Waals surface area contributed by atoms with Crippen molar-refractivity contribution in [2.45, 2.75) is 59.8 Å².